The van der Waals surface area contributed by atoms with Crippen LogP contribution in [0.25, 0.3) is 16.6 Å². The van der Waals surface area contributed by atoms with E-state index in [2.05, 4.69) is 4.74 Å². The predicted octanol–water partition coefficient (Wildman–Crippen LogP) is 4.23. The maximum absolute atomic E-state index is 14.2. The molecule has 0 saturated carbocycles. The fourth-order valence-electron chi connectivity index (χ4n) is 2.66. The molecule has 0 amide bonds. The fraction of sp³-hybridized carbons (Fsp3) is 0.111. The Kier molecular flexibility index (Phi) is 5.27. The molecule has 144 valence electrons. The molecule has 0 atom stereocenters. The molecule has 10 heteroatoms. The summed E-state index contributed by atoms with van der Waals surface area (Å²) in [6.45, 7) is 1.56. The first kappa shape index (κ1) is 19.3. The summed E-state index contributed by atoms with van der Waals surface area (Å²) in [6.07, 6.45) is -0.0412. The summed E-state index contributed by atoms with van der Waals surface area (Å²) in [6, 6.07) is 8.98. The van der Waals surface area contributed by atoms with Crippen LogP contribution in [-0.2, 0) is 4.74 Å². The van der Waals surface area contributed by atoms with Crippen molar-refractivity contribution in [1.82, 2.24) is 4.57 Å². The lowest BCUT2D eigenvalue weighted by Gasteiger charge is -2.14. The SMILES string of the molecule is CCOC(=O)Oc1cn(-c2ccccc2)c2c([N+](=O)[O-])c(Cl)c(F)cc2c1=O. The molecule has 0 aliphatic carbocycles. The van der Waals surface area contributed by atoms with Gasteiger partial charge in [0.2, 0.25) is 5.43 Å². The average Bonchev–Trinajstić information content (AvgIpc) is 2.66. The Balaban J connectivity index is 2.44. The first-order valence-electron chi connectivity index (χ1n) is 7.97. The number of rotatable bonds is 4. The molecule has 0 aliphatic rings. The Morgan fingerprint density at radius 2 is 2.00 bits per heavy atom. The van der Waals surface area contributed by atoms with E-state index in [0.717, 1.165) is 12.3 Å². The number of nitrogens with zero attached hydrogens (tertiary/aromatic N) is 2. The van der Waals surface area contributed by atoms with Crippen molar-refractivity contribution in [2.24, 2.45) is 0 Å². The van der Waals surface area contributed by atoms with Gasteiger partial charge in [-0.05, 0) is 25.1 Å². The van der Waals surface area contributed by atoms with Crippen LogP contribution in [0, 0.1) is 15.9 Å². The van der Waals surface area contributed by atoms with E-state index in [4.69, 9.17) is 16.3 Å². The highest BCUT2D eigenvalue weighted by Gasteiger charge is 2.28. The third kappa shape index (κ3) is 3.39. The van der Waals surface area contributed by atoms with Gasteiger partial charge in [-0.2, -0.15) is 0 Å². The van der Waals surface area contributed by atoms with Gasteiger partial charge in [0.25, 0.3) is 0 Å². The van der Waals surface area contributed by atoms with Crippen molar-refractivity contribution in [3.8, 4) is 11.4 Å². The van der Waals surface area contributed by atoms with Gasteiger partial charge in [0, 0.05) is 5.69 Å². The second-order valence-electron chi connectivity index (χ2n) is 5.49. The van der Waals surface area contributed by atoms with Gasteiger partial charge >= 0.3 is 11.8 Å². The van der Waals surface area contributed by atoms with E-state index in [9.17, 15) is 24.1 Å². The molecule has 0 N–H and O–H groups in total. The number of nitro groups is 1. The van der Waals surface area contributed by atoms with Gasteiger partial charge in [-0.3, -0.25) is 14.9 Å². The van der Waals surface area contributed by atoms with Crippen LogP contribution in [0.3, 0.4) is 0 Å². The second-order valence-corrected chi connectivity index (χ2v) is 5.87. The first-order valence-corrected chi connectivity index (χ1v) is 8.34. The van der Waals surface area contributed by atoms with Gasteiger partial charge in [-0.15, -0.1) is 0 Å². The molecule has 0 bridgehead atoms. The number of hydrogen-bond acceptors (Lipinski definition) is 6. The number of halogens is 2. The molecule has 1 heterocycles. The molecule has 1 aromatic heterocycles. The van der Waals surface area contributed by atoms with E-state index in [0.29, 0.717) is 5.69 Å². The van der Waals surface area contributed by atoms with Gasteiger partial charge in [-0.25, -0.2) is 9.18 Å². The van der Waals surface area contributed by atoms with Crippen LogP contribution in [0.2, 0.25) is 5.02 Å². The Hall–Kier alpha value is -3.46. The van der Waals surface area contributed by atoms with Crippen molar-refractivity contribution in [3.63, 3.8) is 0 Å². The number of para-hydroxylation sites is 1. The minimum atomic E-state index is -1.15. The third-order valence-electron chi connectivity index (χ3n) is 3.80. The third-order valence-corrected chi connectivity index (χ3v) is 4.16. The Bertz CT molecular complexity index is 1150. The highest BCUT2D eigenvalue weighted by Crippen LogP contribution is 2.36. The lowest BCUT2D eigenvalue weighted by atomic mass is 10.1. The number of benzene rings is 2. The standard InChI is InChI=1S/C18H12ClFN2O6/c1-2-27-18(24)28-13-9-21(10-6-4-3-5-7-10)15-11(17(13)23)8-12(20)14(19)16(15)22(25)26/h3-9H,2H2,1H3. The molecule has 2 aromatic carbocycles. The number of carbonyl (C=O) groups excluding carboxylic acids is 1. The monoisotopic (exact) mass is 406 g/mol. The lowest BCUT2D eigenvalue weighted by molar-refractivity contribution is -0.383. The van der Waals surface area contributed by atoms with Gasteiger partial charge in [0.1, 0.15) is 11.3 Å². The van der Waals surface area contributed by atoms with Crippen molar-refractivity contribution < 1.29 is 23.6 Å². The minimum Gasteiger partial charge on any atom is -0.434 e. The lowest BCUT2D eigenvalue weighted by Crippen LogP contribution is -2.19. The number of carbonyl (C=O) groups is 1. The molecule has 28 heavy (non-hydrogen) atoms. The largest absolute Gasteiger partial charge is 0.514 e. The number of fused-ring (bicyclic) bond motifs is 1. The normalized spacial score (nSPS) is 10.7. The van der Waals surface area contributed by atoms with Crippen LogP contribution in [0.4, 0.5) is 14.9 Å². The molecule has 0 saturated heterocycles. The minimum absolute atomic E-state index is 0.00893. The van der Waals surface area contributed by atoms with Gasteiger partial charge in [0.05, 0.1) is 23.1 Å². The number of aromatic nitrogens is 1. The topological polar surface area (TPSA) is 101 Å². The molecule has 0 unspecified atom stereocenters. The molecule has 0 aliphatic heterocycles. The number of ether oxygens (including phenoxy) is 2. The van der Waals surface area contributed by atoms with Crippen LogP contribution < -0.4 is 10.2 Å². The molecule has 0 fully saturated rings. The summed E-state index contributed by atoms with van der Waals surface area (Å²) in [7, 11) is 0. The highest BCUT2D eigenvalue weighted by atomic mass is 35.5. The maximum atomic E-state index is 14.2. The smallest absolute Gasteiger partial charge is 0.434 e. The fourth-order valence-corrected chi connectivity index (χ4v) is 2.87. The molecule has 0 spiro atoms. The van der Waals surface area contributed by atoms with E-state index >= 15 is 0 Å². The first-order chi connectivity index (χ1) is 13.3. The Morgan fingerprint density at radius 1 is 1.32 bits per heavy atom. The summed E-state index contributed by atoms with van der Waals surface area (Å²) in [4.78, 5) is 35.0. The number of hydrogen-bond donors (Lipinski definition) is 0. The van der Waals surface area contributed by atoms with Crippen molar-refractivity contribution in [1.29, 1.82) is 0 Å². The number of pyridine rings is 1. The summed E-state index contributed by atoms with van der Waals surface area (Å²) < 4.78 is 25.0. The summed E-state index contributed by atoms with van der Waals surface area (Å²) in [5.74, 6) is -1.63. The molecule has 8 nitrogen and oxygen atoms in total. The van der Waals surface area contributed by atoms with E-state index < -0.39 is 38.8 Å². The Morgan fingerprint density at radius 3 is 2.61 bits per heavy atom. The summed E-state index contributed by atoms with van der Waals surface area (Å²) in [5, 5.41) is 10.5. The van der Waals surface area contributed by atoms with Crippen LogP contribution in [0.5, 0.6) is 5.75 Å². The average molecular weight is 407 g/mol. The second kappa shape index (κ2) is 7.65. The Labute approximate surface area is 161 Å². The van der Waals surface area contributed by atoms with Crippen molar-refractivity contribution in [2.75, 3.05) is 6.61 Å². The predicted molar refractivity (Wildman–Crippen MR) is 98.8 cm³/mol. The molecular formula is C18H12ClFN2O6. The molecule has 0 radical (unpaired) electrons. The summed E-state index contributed by atoms with van der Waals surface area (Å²) >= 11 is 5.81. The molecule has 3 aromatic rings. The zero-order chi connectivity index (χ0) is 20.4. The quantitative estimate of drug-likeness (QED) is 0.365. The highest BCUT2D eigenvalue weighted by molar-refractivity contribution is 6.34. The zero-order valence-corrected chi connectivity index (χ0v) is 15.1. The molecular weight excluding hydrogens is 395 g/mol. The van der Waals surface area contributed by atoms with Gasteiger partial charge in [-0.1, -0.05) is 29.8 Å². The zero-order valence-electron chi connectivity index (χ0n) is 14.3. The van der Waals surface area contributed by atoms with Crippen molar-refractivity contribution in [2.45, 2.75) is 6.92 Å². The van der Waals surface area contributed by atoms with Crippen molar-refractivity contribution >= 4 is 34.3 Å². The van der Waals surface area contributed by atoms with E-state index in [-0.39, 0.29) is 17.5 Å². The van der Waals surface area contributed by atoms with Gasteiger partial charge < -0.3 is 14.0 Å². The van der Waals surface area contributed by atoms with Gasteiger partial charge in [0.15, 0.2) is 10.8 Å². The molecule has 3 rings (SSSR count). The van der Waals surface area contributed by atoms with Crippen molar-refractivity contribution in [3.05, 3.63) is 73.8 Å². The van der Waals surface area contributed by atoms with E-state index in [1.807, 2.05) is 0 Å². The maximum Gasteiger partial charge on any atom is 0.514 e. The van der Waals surface area contributed by atoms with Crippen LogP contribution in [0.1, 0.15) is 6.92 Å². The van der Waals surface area contributed by atoms with E-state index in [1.54, 1.807) is 37.3 Å². The van der Waals surface area contributed by atoms with Crippen LogP contribution >= 0.6 is 11.6 Å². The van der Waals surface area contributed by atoms with Crippen LogP contribution in [-0.4, -0.2) is 22.3 Å². The number of nitro benzene ring substituents is 1. The summed E-state index contributed by atoms with van der Waals surface area (Å²) in [5.41, 5.74) is -1.54. The van der Waals surface area contributed by atoms with Crippen LogP contribution in [0.15, 0.2) is 47.4 Å². The van der Waals surface area contributed by atoms with E-state index in [1.165, 1.54) is 4.57 Å².